The highest BCUT2D eigenvalue weighted by molar-refractivity contribution is 6.09. The van der Waals surface area contributed by atoms with Crippen molar-refractivity contribution in [2.45, 2.75) is 83.5 Å². The van der Waals surface area contributed by atoms with Gasteiger partial charge in [0.2, 0.25) is 11.4 Å². The van der Waals surface area contributed by atoms with Crippen molar-refractivity contribution in [2.24, 2.45) is 0 Å². The third-order valence-corrected chi connectivity index (χ3v) is 17.8. The molecule has 0 saturated heterocycles. The molecule has 0 N–H and O–H groups in total. The summed E-state index contributed by atoms with van der Waals surface area (Å²) in [5.74, 6) is 0. The molecular weight excluding hydrogens is 909 g/mol. The zero-order valence-corrected chi connectivity index (χ0v) is 46.0. The van der Waals surface area contributed by atoms with E-state index in [0.717, 1.165) is 0 Å². The molecule has 0 radical (unpaired) electrons. The van der Waals surface area contributed by atoms with E-state index < -0.39 is 0 Å². The fourth-order valence-corrected chi connectivity index (χ4v) is 14.1. The van der Waals surface area contributed by atoms with Crippen molar-refractivity contribution in [3.63, 3.8) is 0 Å². The highest BCUT2D eigenvalue weighted by atomic mass is 15.2. The van der Waals surface area contributed by atoms with Crippen molar-refractivity contribution in [1.29, 1.82) is 0 Å². The molecule has 4 heteroatoms. The van der Waals surface area contributed by atoms with Gasteiger partial charge in [-0.3, -0.25) is 0 Å². The van der Waals surface area contributed by atoms with E-state index in [1.807, 2.05) is 0 Å². The SMILES string of the molecule is CN1C(=CC=C(C=CC2=[N+](C)c3ccc4ccccc4c3C2(C)C)CC(C=CC2=[N+](C)c3ccc4ccccc4c3C2(C)C)=CC=C2N(C)c3ccc4ccccc4c3C2(C)C)C(C)(C)c2c1ccc1ccccc21. The molecule has 0 spiro atoms. The summed E-state index contributed by atoms with van der Waals surface area (Å²) < 4.78 is 4.83. The van der Waals surface area contributed by atoms with E-state index in [1.54, 1.807) is 0 Å². The second-order valence-corrected chi connectivity index (χ2v) is 23.7. The van der Waals surface area contributed by atoms with Crippen LogP contribution in [0.15, 0.2) is 217 Å². The van der Waals surface area contributed by atoms with E-state index >= 15 is 0 Å². The number of hydrogen-bond acceptors (Lipinski definition) is 2. The minimum atomic E-state index is -0.226. The van der Waals surface area contributed by atoms with Crippen molar-refractivity contribution in [3.8, 4) is 0 Å². The van der Waals surface area contributed by atoms with Crippen LogP contribution in [-0.4, -0.2) is 48.8 Å². The van der Waals surface area contributed by atoms with Gasteiger partial charge in [0.15, 0.2) is 11.4 Å². The van der Waals surface area contributed by atoms with Crippen LogP contribution in [0.3, 0.4) is 0 Å². The lowest BCUT2D eigenvalue weighted by Crippen LogP contribution is -2.27. The van der Waals surface area contributed by atoms with Gasteiger partial charge in [0.05, 0.1) is 10.8 Å². The molecule has 8 aromatic rings. The van der Waals surface area contributed by atoms with Gasteiger partial charge in [-0.15, -0.1) is 0 Å². The number of nitrogens with zero attached hydrogens (tertiary/aromatic N) is 4. The van der Waals surface area contributed by atoms with Crippen molar-refractivity contribution in [2.75, 3.05) is 38.0 Å². The molecule has 4 heterocycles. The number of anilines is 2. The van der Waals surface area contributed by atoms with Gasteiger partial charge < -0.3 is 9.80 Å². The molecule has 4 aliphatic rings. The molecule has 0 aliphatic carbocycles. The molecule has 0 bridgehead atoms. The predicted octanol–water partition coefficient (Wildman–Crippen LogP) is 17.0. The molecule has 75 heavy (non-hydrogen) atoms. The Morgan fingerprint density at radius 3 is 1.08 bits per heavy atom. The summed E-state index contributed by atoms with van der Waals surface area (Å²) in [6.07, 6.45) is 20.0. The normalized spacial score (nSPS) is 19.6. The molecular formula is C71H70N4+2. The third kappa shape index (κ3) is 7.38. The molecule has 0 atom stereocenters. The van der Waals surface area contributed by atoms with Crippen LogP contribution in [0, 0.1) is 0 Å². The quantitative estimate of drug-likeness (QED) is 0.111. The maximum atomic E-state index is 2.42. The Hall–Kier alpha value is -7.82. The first-order chi connectivity index (χ1) is 35.9. The van der Waals surface area contributed by atoms with Gasteiger partial charge >= 0.3 is 0 Å². The molecule has 8 aromatic carbocycles. The molecule has 0 fully saturated rings. The first kappa shape index (κ1) is 48.1. The average molecular weight is 979 g/mol. The van der Waals surface area contributed by atoms with Crippen molar-refractivity contribution in [1.82, 2.24) is 0 Å². The summed E-state index contributed by atoms with van der Waals surface area (Å²) in [6.45, 7) is 19.1. The van der Waals surface area contributed by atoms with Crippen LogP contribution in [0.2, 0.25) is 0 Å². The van der Waals surface area contributed by atoms with E-state index in [9.17, 15) is 0 Å². The van der Waals surface area contributed by atoms with Crippen LogP contribution in [-0.2, 0) is 21.7 Å². The fraction of sp³-hybridized carbons (Fsp3) is 0.239. The van der Waals surface area contributed by atoms with Crippen LogP contribution < -0.4 is 9.80 Å². The second-order valence-electron chi connectivity index (χ2n) is 23.7. The maximum Gasteiger partial charge on any atom is 0.210 e. The van der Waals surface area contributed by atoms with Crippen LogP contribution in [0.4, 0.5) is 22.7 Å². The topological polar surface area (TPSA) is 12.5 Å². The highest BCUT2D eigenvalue weighted by Gasteiger charge is 2.46. The minimum Gasteiger partial charge on any atom is -0.347 e. The van der Waals surface area contributed by atoms with Crippen LogP contribution >= 0.6 is 0 Å². The Kier molecular flexibility index (Phi) is 11.2. The number of likely N-dealkylation sites (N-methyl/N-ethyl adjacent to an activating group) is 2. The molecule has 0 amide bonds. The van der Waals surface area contributed by atoms with Gasteiger partial charge in [0, 0.05) is 83.1 Å². The van der Waals surface area contributed by atoms with Crippen molar-refractivity contribution in [3.05, 3.63) is 239 Å². The summed E-state index contributed by atoms with van der Waals surface area (Å²) in [5, 5.41) is 10.4. The van der Waals surface area contributed by atoms with Gasteiger partial charge in [-0.05, 0) is 136 Å². The molecule has 4 aliphatic heterocycles. The van der Waals surface area contributed by atoms with Crippen molar-refractivity contribution >= 4 is 77.3 Å². The van der Waals surface area contributed by atoms with Crippen molar-refractivity contribution < 1.29 is 9.15 Å². The van der Waals surface area contributed by atoms with Crippen LogP contribution in [0.25, 0.3) is 43.1 Å². The predicted molar refractivity (Wildman–Crippen MR) is 322 cm³/mol. The van der Waals surface area contributed by atoms with E-state index in [4.69, 9.17) is 0 Å². The summed E-state index contributed by atoms with van der Waals surface area (Å²) >= 11 is 0. The number of fused-ring (bicyclic) bond motifs is 12. The summed E-state index contributed by atoms with van der Waals surface area (Å²) in [4.78, 5) is 4.83. The standard InChI is InChI=1S/C71H70N4/c1-68(2)60(72(9)56-37-33-48-21-13-17-25-52(48)64(56)68)41-29-46(30-42-61-69(3,4)65-53-26-18-14-22-49(53)34-38-57(65)73(61)10)45-47(31-43-62-70(5,6)66-54-27-19-15-23-50(54)35-39-58(66)74(62)11)32-44-63-71(7,8)67-55-28-20-16-24-51(55)36-40-59(67)75(63)12/h13-44H,45H2,1-12H3/q+2. The Morgan fingerprint density at radius 2 is 0.720 bits per heavy atom. The summed E-state index contributed by atoms with van der Waals surface area (Å²) in [5.41, 5.74) is 17.3. The first-order valence-electron chi connectivity index (χ1n) is 26.9. The largest absolute Gasteiger partial charge is 0.347 e. The second kappa shape index (κ2) is 17.4. The first-order valence-corrected chi connectivity index (χ1v) is 26.9. The third-order valence-electron chi connectivity index (χ3n) is 17.8. The molecule has 0 saturated carbocycles. The van der Waals surface area contributed by atoms with Crippen LogP contribution in [0.1, 0.15) is 84.1 Å². The summed E-state index contributed by atoms with van der Waals surface area (Å²) in [6, 6.07) is 53.7. The number of rotatable bonds is 8. The molecule has 372 valence electrons. The van der Waals surface area contributed by atoms with Gasteiger partial charge in [-0.1, -0.05) is 161 Å². The molecule has 12 rings (SSSR count). The zero-order valence-electron chi connectivity index (χ0n) is 46.0. The lowest BCUT2D eigenvalue weighted by molar-refractivity contribution is -0.401. The smallest absolute Gasteiger partial charge is 0.210 e. The molecule has 4 nitrogen and oxygen atoms in total. The molecule has 0 aromatic heterocycles. The minimum absolute atomic E-state index is 0.226. The highest BCUT2D eigenvalue weighted by Crippen LogP contribution is 2.52. The number of hydrogen-bond donors (Lipinski definition) is 0. The van der Waals surface area contributed by atoms with Gasteiger partial charge in [0.1, 0.15) is 14.1 Å². The summed E-state index contributed by atoms with van der Waals surface area (Å²) in [7, 11) is 8.96. The Bertz CT molecular complexity index is 3760. The zero-order chi connectivity index (χ0) is 52.3. The van der Waals surface area contributed by atoms with E-state index in [-0.39, 0.29) is 21.7 Å². The monoisotopic (exact) mass is 979 g/mol. The number of allylic oxidation sites excluding steroid dienone is 12. The Morgan fingerprint density at radius 1 is 0.400 bits per heavy atom. The van der Waals surface area contributed by atoms with E-state index in [0.29, 0.717) is 6.42 Å². The Balaban J connectivity index is 1.01. The maximum absolute atomic E-state index is 2.42. The van der Waals surface area contributed by atoms with Gasteiger partial charge in [0.25, 0.3) is 0 Å². The van der Waals surface area contributed by atoms with E-state index in [2.05, 4.69) is 297 Å². The Labute approximate surface area is 444 Å². The lowest BCUT2D eigenvalue weighted by Gasteiger charge is -2.24. The fourth-order valence-electron chi connectivity index (χ4n) is 14.1. The van der Waals surface area contributed by atoms with E-state index in [1.165, 1.54) is 122 Å². The average Bonchev–Trinajstić information content (AvgIpc) is 3.92. The van der Waals surface area contributed by atoms with Gasteiger partial charge in [-0.2, -0.15) is 9.15 Å². The molecule has 0 unspecified atom stereocenters. The number of benzene rings is 8. The van der Waals surface area contributed by atoms with Crippen LogP contribution in [0.5, 0.6) is 0 Å². The van der Waals surface area contributed by atoms with Gasteiger partial charge in [-0.25, -0.2) is 0 Å². The lowest BCUT2D eigenvalue weighted by atomic mass is 9.78.